The molecule has 0 bridgehead atoms. The van der Waals surface area contributed by atoms with Gasteiger partial charge in [-0.3, -0.25) is 4.99 Å². The number of nitrogens with one attached hydrogen (secondary N) is 1. The molecule has 4 heteroatoms. The van der Waals surface area contributed by atoms with E-state index in [1.165, 1.54) is 12.8 Å². The molecule has 0 spiro atoms. The van der Waals surface area contributed by atoms with Crippen LogP contribution in [0.5, 0.6) is 5.75 Å². The normalized spacial score (nSPS) is 23.4. The minimum absolute atomic E-state index is 0.0833. The first-order chi connectivity index (χ1) is 9.81. The van der Waals surface area contributed by atoms with Gasteiger partial charge in [0.05, 0.1) is 6.54 Å². The zero-order valence-corrected chi connectivity index (χ0v) is 11.7. The predicted molar refractivity (Wildman–Crippen MR) is 79.2 cm³/mol. The van der Waals surface area contributed by atoms with Crippen molar-refractivity contribution in [3.8, 4) is 5.75 Å². The van der Waals surface area contributed by atoms with Crippen molar-refractivity contribution in [2.45, 2.75) is 31.8 Å². The summed E-state index contributed by atoms with van der Waals surface area (Å²) in [5, 5.41) is 13.2. The fourth-order valence-electron chi connectivity index (χ4n) is 2.95. The summed E-state index contributed by atoms with van der Waals surface area (Å²) in [4.78, 5) is 4.53. The van der Waals surface area contributed by atoms with Crippen LogP contribution in [0.1, 0.15) is 24.8 Å². The number of nitrogens with zero attached hydrogens (tertiary/aromatic N) is 1. The second-order valence-electron chi connectivity index (χ2n) is 5.70. The minimum Gasteiger partial charge on any atom is -0.508 e. The zero-order chi connectivity index (χ0) is 13.8. The molecule has 1 unspecified atom stereocenters. The van der Waals surface area contributed by atoms with Gasteiger partial charge in [0.25, 0.3) is 0 Å². The molecule has 2 heterocycles. The van der Waals surface area contributed by atoms with Crippen LogP contribution in [0.3, 0.4) is 0 Å². The third-order valence-corrected chi connectivity index (χ3v) is 4.14. The molecule has 2 aliphatic heterocycles. The molecule has 108 valence electrons. The minimum atomic E-state index is 0.0833. The number of hydrogen-bond donors (Lipinski definition) is 2. The van der Waals surface area contributed by atoms with Crippen molar-refractivity contribution in [1.29, 1.82) is 0 Å². The molecular weight excluding hydrogens is 252 g/mol. The molecule has 1 fully saturated rings. The Kier molecular flexibility index (Phi) is 4.21. The van der Waals surface area contributed by atoms with Crippen molar-refractivity contribution in [2.24, 2.45) is 10.9 Å². The van der Waals surface area contributed by atoms with Gasteiger partial charge in [0, 0.05) is 12.8 Å². The van der Waals surface area contributed by atoms with Crippen molar-refractivity contribution in [3.05, 3.63) is 29.8 Å². The molecule has 0 radical (unpaired) electrons. The van der Waals surface area contributed by atoms with Crippen molar-refractivity contribution in [1.82, 2.24) is 5.32 Å². The molecule has 20 heavy (non-hydrogen) atoms. The molecule has 0 saturated carbocycles. The van der Waals surface area contributed by atoms with E-state index in [1.807, 2.05) is 18.2 Å². The first-order valence-corrected chi connectivity index (χ1v) is 7.49. The van der Waals surface area contributed by atoms with E-state index in [-0.39, 0.29) is 6.10 Å². The van der Waals surface area contributed by atoms with E-state index in [0.29, 0.717) is 18.2 Å². The Morgan fingerprint density at radius 2 is 2.00 bits per heavy atom. The number of phenolic OH excluding ortho intramolecular Hbond substituents is 1. The molecule has 1 aromatic rings. The lowest BCUT2D eigenvalue weighted by atomic mass is 9.95. The third-order valence-electron chi connectivity index (χ3n) is 4.14. The highest BCUT2D eigenvalue weighted by molar-refractivity contribution is 5.78. The number of piperidine rings is 1. The molecule has 0 aromatic heterocycles. The fraction of sp³-hybridized carbons (Fsp3) is 0.562. The molecule has 1 saturated heterocycles. The topological polar surface area (TPSA) is 53.9 Å². The number of phenols is 1. The Labute approximate surface area is 119 Å². The summed E-state index contributed by atoms with van der Waals surface area (Å²) >= 11 is 0. The lowest BCUT2D eigenvalue weighted by molar-refractivity contribution is 0.211. The van der Waals surface area contributed by atoms with Gasteiger partial charge in [-0.2, -0.15) is 0 Å². The number of aromatic hydroxyl groups is 1. The van der Waals surface area contributed by atoms with E-state index in [1.54, 1.807) is 6.07 Å². The van der Waals surface area contributed by atoms with Crippen LogP contribution in [0, 0.1) is 5.92 Å². The van der Waals surface area contributed by atoms with Gasteiger partial charge in [-0.05, 0) is 43.5 Å². The lowest BCUT2D eigenvalue weighted by Gasteiger charge is -2.22. The van der Waals surface area contributed by atoms with E-state index >= 15 is 0 Å². The maximum Gasteiger partial charge on any atom is 0.184 e. The van der Waals surface area contributed by atoms with Crippen LogP contribution in [0.25, 0.3) is 0 Å². The van der Waals surface area contributed by atoms with E-state index in [9.17, 15) is 5.11 Å². The summed E-state index contributed by atoms with van der Waals surface area (Å²) in [6.45, 7) is 2.94. The van der Waals surface area contributed by atoms with Crippen molar-refractivity contribution < 1.29 is 9.84 Å². The Morgan fingerprint density at radius 1 is 1.20 bits per heavy atom. The van der Waals surface area contributed by atoms with Gasteiger partial charge >= 0.3 is 0 Å². The smallest absolute Gasteiger partial charge is 0.184 e. The van der Waals surface area contributed by atoms with Crippen LogP contribution < -0.4 is 5.32 Å². The standard InChI is InChI=1S/C16H22N2O2/c19-15-4-2-1-3-13(15)10-14-11-18-16(20-14)9-12-5-7-17-8-6-12/h1-4,12,14,17,19H,5-11H2. The zero-order valence-electron chi connectivity index (χ0n) is 11.7. The molecule has 2 aliphatic rings. The monoisotopic (exact) mass is 274 g/mol. The molecule has 2 N–H and O–H groups in total. The summed E-state index contributed by atoms with van der Waals surface area (Å²) in [5.74, 6) is 1.97. The van der Waals surface area contributed by atoms with Gasteiger partial charge < -0.3 is 15.2 Å². The second-order valence-corrected chi connectivity index (χ2v) is 5.70. The average Bonchev–Trinajstić information content (AvgIpc) is 2.90. The van der Waals surface area contributed by atoms with Gasteiger partial charge in [-0.1, -0.05) is 18.2 Å². The Morgan fingerprint density at radius 3 is 2.80 bits per heavy atom. The van der Waals surface area contributed by atoms with Gasteiger partial charge in [0.2, 0.25) is 0 Å². The van der Waals surface area contributed by atoms with E-state index in [2.05, 4.69) is 10.3 Å². The maximum absolute atomic E-state index is 9.80. The molecule has 0 amide bonds. The summed E-state index contributed by atoms with van der Waals surface area (Å²) < 4.78 is 5.94. The summed E-state index contributed by atoms with van der Waals surface area (Å²) in [5.41, 5.74) is 0.941. The first kappa shape index (κ1) is 13.4. The predicted octanol–water partition coefficient (Wildman–Crippen LogP) is 2.12. The van der Waals surface area contributed by atoms with Gasteiger partial charge in [-0.25, -0.2) is 0 Å². The first-order valence-electron chi connectivity index (χ1n) is 7.49. The number of benzene rings is 1. The van der Waals surface area contributed by atoms with Crippen molar-refractivity contribution in [3.63, 3.8) is 0 Å². The SMILES string of the molecule is Oc1ccccc1CC1CN=C(CC2CCNCC2)O1. The Bertz CT molecular complexity index is 481. The van der Waals surface area contributed by atoms with Gasteiger partial charge in [-0.15, -0.1) is 0 Å². The highest BCUT2D eigenvalue weighted by Crippen LogP contribution is 2.23. The van der Waals surface area contributed by atoms with E-state index < -0.39 is 0 Å². The van der Waals surface area contributed by atoms with Crippen LogP contribution in [0.2, 0.25) is 0 Å². The molecule has 4 nitrogen and oxygen atoms in total. The van der Waals surface area contributed by atoms with Crippen LogP contribution in [-0.4, -0.2) is 36.7 Å². The van der Waals surface area contributed by atoms with Gasteiger partial charge in [0.15, 0.2) is 5.90 Å². The second kappa shape index (κ2) is 6.27. The Balaban J connectivity index is 1.50. The summed E-state index contributed by atoms with van der Waals surface area (Å²) in [7, 11) is 0. The largest absolute Gasteiger partial charge is 0.508 e. The molecule has 1 aromatic carbocycles. The average molecular weight is 274 g/mol. The number of aliphatic imine (C=N–C) groups is 1. The molecule has 1 atom stereocenters. The van der Waals surface area contributed by atoms with Crippen molar-refractivity contribution >= 4 is 5.90 Å². The maximum atomic E-state index is 9.80. The molecular formula is C16H22N2O2. The number of para-hydroxylation sites is 1. The Hall–Kier alpha value is -1.55. The van der Waals surface area contributed by atoms with Crippen molar-refractivity contribution in [2.75, 3.05) is 19.6 Å². The molecule has 0 aliphatic carbocycles. The summed E-state index contributed by atoms with van der Waals surface area (Å²) in [6.07, 6.45) is 4.21. The highest BCUT2D eigenvalue weighted by Gasteiger charge is 2.24. The van der Waals surface area contributed by atoms with Gasteiger partial charge in [0.1, 0.15) is 11.9 Å². The van der Waals surface area contributed by atoms with Crippen LogP contribution in [-0.2, 0) is 11.2 Å². The molecule has 3 rings (SSSR count). The van der Waals surface area contributed by atoms with E-state index in [0.717, 1.165) is 37.4 Å². The van der Waals surface area contributed by atoms with Crippen LogP contribution in [0.15, 0.2) is 29.3 Å². The third kappa shape index (κ3) is 3.31. The number of ether oxygens (including phenoxy) is 1. The fourth-order valence-corrected chi connectivity index (χ4v) is 2.95. The van der Waals surface area contributed by atoms with Crippen LogP contribution >= 0.6 is 0 Å². The van der Waals surface area contributed by atoms with E-state index in [4.69, 9.17) is 4.74 Å². The quantitative estimate of drug-likeness (QED) is 0.884. The number of rotatable bonds is 4. The number of hydrogen-bond acceptors (Lipinski definition) is 4. The van der Waals surface area contributed by atoms with Crippen LogP contribution in [0.4, 0.5) is 0 Å². The highest BCUT2D eigenvalue weighted by atomic mass is 16.5. The lowest BCUT2D eigenvalue weighted by Crippen LogP contribution is -2.29. The summed E-state index contributed by atoms with van der Waals surface area (Å²) in [6, 6.07) is 7.46.